The molecule has 2 aromatic carbocycles. The van der Waals surface area contributed by atoms with Crippen molar-refractivity contribution in [2.45, 2.75) is 35.8 Å². The maximum Gasteiger partial charge on any atom is 0.245 e. The molecule has 1 N–H and O–H groups in total. The van der Waals surface area contributed by atoms with Crippen molar-refractivity contribution >= 4 is 21.7 Å². The second-order valence-corrected chi connectivity index (χ2v) is 8.54. The van der Waals surface area contributed by atoms with E-state index < -0.39 is 38.7 Å². The molecule has 5 nitrogen and oxygen atoms in total. The van der Waals surface area contributed by atoms with Crippen molar-refractivity contribution in [2.75, 3.05) is 0 Å². The van der Waals surface area contributed by atoms with Crippen LogP contribution in [0.5, 0.6) is 0 Å². The average molecular weight is 371 g/mol. The summed E-state index contributed by atoms with van der Waals surface area (Å²) in [5.41, 5.74) is 0.726. The van der Waals surface area contributed by atoms with E-state index in [4.69, 9.17) is 0 Å². The largest absolute Gasteiger partial charge is 0.295 e. The van der Waals surface area contributed by atoms with Gasteiger partial charge in [-0.25, -0.2) is 8.42 Å². The smallest absolute Gasteiger partial charge is 0.245 e. The lowest BCUT2D eigenvalue weighted by Crippen LogP contribution is -2.56. The Balaban J connectivity index is 2.10. The van der Waals surface area contributed by atoms with Gasteiger partial charge in [0.2, 0.25) is 11.8 Å². The Hall–Kier alpha value is -2.47. The van der Waals surface area contributed by atoms with Gasteiger partial charge in [0.1, 0.15) is 5.25 Å². The monoisotopic (exact) mass is 371 g/mol. The van der Waals surface area contributed by atoms with Gasteiger partial charge in [0, 0.05) is 5.92 Å². The highest BCUT2D eigenvalue weighted by atomic mass is 32.2. The van der Waals surface area contributed by atoms with Crippen molar-refractivity contribution in [1.82, 2.24) is 5.32 Å². The van der Waals surface area contributed by atoms with Crippen molar-refractivity contribution in [3.05, 3.63) is 66.2 Å². The van der Waals surface area contributed by atoms with E-state index in [9.17, 15) is 18.0 Å². The van der Waals surface area contributed by atoms with E-state index >= 15 is 0 Å². The summed E-state index contributed by atoms with van der Waals surface area (Å²) in [6.07, 6.45) is 1.14. The Labute approximate surface area is 153 Å². The summed E-state index contributed by atoms with van der Waals surface area (Å²) < 4.78 is 26.4. The van der Waals surface area contributed by atoms with E-state index in [1.54, 1.807) is 30.3 Å². The van der Waals surface area contributed by atoms with Crippen LogP contribution in [0.25, 0.3) is 0 Å². The summed E-state index contributed by atoms with van der Waals surface area (Å²) in [6, 6.07) is 17.0. The molecule has 2 amide bonds. The predicted octanol–water partition coefficient (Wildman–Crippen LogP) is 2.69. The van der Waals surface area contributed by atoms with E-state index in [0.29, 0.717) is 12.8 Å². The van der Waals surface area contributed by atoms with E-state index in [0.717, 1.165) is 5.56 Å². The van der Waals surface area contributed by atoms with Crippen molar-refractivity contribution in [3.63, 3.8) is 0 Å². The molecular weight excluding hydrogens is 350 g/mol. The number of nitrogens with one attached hydrogen (secondary N) is 1. The van der Waals surface area contributed by atoms with Crippen LogP contribution in [-0.4, -0.2) is 25.5 Å². The first-order valence-corrected chi connectivity index (χ1v) is 10.2. The Bertz CT molecular complexity index is 894. The van der Waals surface area contributed by atoms with Crippen molar-refractivity contribution < 1.29 is 18.0 Å². The molecule has 0 saturated carbocycles. The van der Waals surface area contributed by atoms with Crippen LogP contribution < -0.4 is 5.32 Å². The molecule has 26 heavy (non-hydrogen) atoms. The highest BCUT2D eigenvalue weighted by molar-refractivity contribution is 7.92. The Morgan fingerprint density at radius 2 is 1.46 bits per heavy atom. The second kappa shape index (κ2) is 7.41. The fourth-order valence-electron chi connectivity index (χ4n) is 3.67. The molecule has 0 unspecified atom stereocenters. The zero-order valence-corrected chi connectivity index (χ0v) is 15.3. The van der Waals surface area contributed by atoms with Crippen LogP contribution in [0.1, 0.15) is 31.2 Å². The minimum Gasteiger partial charge on any atom is -0.295 e. The third-order valence-electron chi connectivity index (χ3n) is 4.79. The molecule has 1 saturated heterocycles. The summed E-state index contributed by atoms with van der Waals surface area (Å²) in [6.45, 7) is 1.92. The molecule has 1 aliphatic heterocycles. The van der Waals surface area contributed by atoms with E-state index in [1.165, 1.54) is 12.1 Å². The molecule has 0 aliphatic carbocycles. The summed E-state index contributed by atoms with van der Waals surface area (Å²) in [7, 11) is -3.91. The number of sulfone groups is 1. The standard InChI is InChI=1S/C20H21NO4S/c1-2-9-16-17(14-10-5-3-6-11-14)19(22)21-20(23)18(16)26(24,25)15-12-7-4-8-13-15/h3-8,10-13,16-18H,2,9H2,1H3,(H,21,22,23)/t16-,17+,18+/m1/s1. The first-order chi connectivity index (χ1) is 12.5. The lowest BCUT2D eigenvalue weighted by Gasteiger charge is -2.36. The minimum atomic E-state index is -3.91. The fourth-order valence-corrected chi connectivity index (χ4v) is 5.60. The highest BCUT2D eigenvalue weighted by Gasteiger charge is 2.50. The van der Waals surface area contributed by atoms with Gasteiger partial charge in [0.05, 0.1) is 10.8 Å². The second-order valence-electron chi connectivity index (χ2n) is 6.47. The van der Waals surface area contributed by atoms with E-state index in [1.807, 2.05) is 25.1 Å². The van der Waals surface area contributed by atoms with Gasteiger partial charge in [-0.1, -0.05) is 61.9 Å². The molecule has 0 aromatic heterocycles. The van der Waals surface area contributed by atoms with Crippen LogP contribution in [0.2, 0.25) is 0 Å². The molecule has 1 heterocycles. The van der Waals surface area contributed by atoms with Gasteiger partial charge >= 0.3 is 0 Å². The Morgan fingerprint density at radius 3 is 2.04 bits per heavy atom. The van der Waals surface area contributed by atoms with Crippen LogP contribution in [0.4, 0.5) is 0 Å². The van der Waals surface area contributed by atoms with Gasteiger partial charge in [0.15, 0.2) is 9.84 Å². The molecule has 1 fully saturated rings. The van der Waals surface area contributed by atoms with Crippen molar-refractivity contribution in [1.29, 1.82) is 0 Å². The zero-order valence-electron chi connectivity index (χ0n) is 14.5. The first-order valence-electron chi connectivity index (χ1n) is 8.65. The number of amides is 2. The third-order valence-corrected chi connectivity index (χ3v) is 6.95. The number of carbonyl (C=O) groups is 2. The number of hydrogen-bond acceptors (Lipinski definition) is 4. The molecule has 2 aromatic rings. The minimum absolute atomic E-state index is 0.0995. The lowest BCUT2D eigenvalue weighted by molar-refractivity contribution is -0.136. The van der Waals surface area contributed by atoms with Gasteiger partial charge in [-0.2, -0.15) is 0 Å². The molecular formula is C20H21NO4S. The highest BCUT2D eigenvalue weighted by Crippen LogP contribution is 2.38. The van der Waals surface area contributed by atoms with Crippen LogP contribution >= 0.6 is 0 Å². The Kier molecular flexibility index (Phi) is 5.23. The number of hydrogen-bond donors (Lipinski definition) is 1. The van der Waals surface area contributed by atoms with E-state index in [2.05, 4.69) is 5.32 Å². The molecule has 1 aliphatic rings. The molecule has 0 spiro atoms. The summed E-state index contributed by atoms with van der Waals surface area (Å²) in [4.78, 5) is 25.2. The van der Waals surface area contributed by atoms with Gasteiger partial charge in [-0.3, -0.25) is 14.9 Å². The number of piperidine rings is 1. The van der Waals surface area contributed by atoms with Crippen molar-refractivity contribution in [2.24, 2.45) is 5.92 Å². The zero-order chi connectivity index (χ0) is 18.7. The van der Waals surface area contributed by atoms with Crippen LogP contribution in [0, 0.1) is 5.92 Å². The molecule has 0 radical (unpaired) electrons. The molecule has 136 valence electrons. The molecule has 3 rings (SSSR count). The number of rotatable bonds is 5. The Morgan fingerprint density at radius 1 is 0.885 bits per heavy atom. The van der Waals surface area contributed by atoms with Crippen LogP contribution in [0.3, 0.4) is 0 Å². The van der Waals surface area contributed by atoms with Gasteiger partial charge in [-0.15, -0.1) is 0 Å². The maximum atomic E-state index is 13.2. The van der Waals surface area contributed by atoms with Crippen molar-refractivity contribution in [3.8, 4) is 0 Å². The normalized spacial score (nSPS) is 23.5. The lowest BCUT2D eigenvalue weighted by atomic mass is 9.78. The van der Waals surface area contributed by atoms with Gasteiger partial charge in [-0.05, 0) is 24.1 Å². The number of benzene rings is 2. The van der Waals surface area contributed by atoms with E-state index in [-0.39, 0.29) is 4.90 Å². The predicted molar refractivity (Wildman–Crippen MR) is 98.1 cm³/mol. The van der Waals surface area contributed by atoms with Gasteiger partial charge in [0.25, 0.3) is 0 Å². The van der Waals surface area contributed by atoms with Gasteiger partial charge < -0.3 is 0 Å². The average Bonchev–Trinajstić information content (AvgIpc) is 2.63. The maximum absolute atomic E-state index is 13.2. The molecule has 0 bridgehead atoms. The first kappa shape index (κ1) is 18.3. The summed E-state index contributed by atoms with van der Waals surface area (Å²) in [5.74, 6) is -2.44. The number of imide groups is 1. The van der Waals surface area contributed by atoms with Crippen LogP contribution in [-0.2, 0) is 19.4 Å². The van der Waals surface area contributed by atoms with Crippen LogP contribution in [0.15, 0.2) is 65.6 Å². The third kappa shape index (κ3) is 3.29. The topological polar surface area (TPSA) is 80.3 Å². The quantitative estimate of drug-likeness (QED) is 0.820. The summed E-state index contributed by atoms with van der Waals surface area (Å²) >= 11 is 0. The number of carbonyl (C=O) groups excluding carboxylic acids is 2. The SMILES string of the molecule is CCC[C@H]1[C@H](S(=O)(=O)c2ccccc2)C(=O)NC(=O)[C@H]1c1ccccc1. The summed E-state index contributed by atoms with van der Waals surface area (Å²) in [5, 5.41) is 1.00. The fraction of sp³-hybridized carbons (Fsp3) is 0.300. The molecule has 6 heteroatoms. The molecule has 3 atom stereocenters.